The van der Waals surface area contributed by atoms with Gasteiger partial charge in [-0.15, -0.1) is 0 Å². The number of hydrogen-bond acceptors (Lipinski definition) is 2. The number of ether oxygens (including phenoxy) is 1. The Morgan fingerprint density at radius 3 is 2.53 bits per heavy atom. The maximum atomic E-state index is 13.2. The molecular weight excluding hydrogens is 486 g/mol. The first kappa shape index (κ1) is 22.4. The summed E-state index contributed by atoms with van der Waals surface area (Å²) in [5.41, 5.74) is 4.80. The third-order valence-electron chi connectivity index (χ3n) is 6.04. The third kappa shape index (κ3) is 4.38. The highest BCUT2D eigenvalue weighted by Crippen LogP contribution is 2.38. The fourth-order valence-corrected chi connectivity index (χ4v) is 4.97. The van der Waals surface area contributed by atoms with Gasteiger partial charge >= 0.3 is 0 Å². The molecule has 0 saturated carbocycles. The number of carbonyl (C=O) groups is 1. The fraction of sp³-hybridized carbons (Fsp3) is 0.167. The van der Waals surface area contributed by atoms with Crippen molar-refractivity contribution in [1.82, 2.24) is 0 Å². The zero-order valence-electron chi connectivity index (χ0n) is 19.3. The Bertz CT molecular complexity index is 1400. The second-order valence-electron chi connectivity index (χ2n) is 9.00. The zero-order valence-corrected chi connectivity index (χ0v) is 20.9. The lowest BCUT2D eigenvalue weighted by molar-refractivity contribution is -0.113. The van der Waals surface area contributed by atoms with Crippen LogP contribution in [0.5, 0.6) is 5.75 Å². The Balaban J connectivity index is 1.39. The predicted octanol–water partition coefficient (Wildman–Crippen LogP) is 7.72. The van der Waals surface area contributed by atoms with E-state index in [1.54, 1.807) is 0 Å². The van der Waals surface area contributed by atoms with E-state index in [9.17, 15) is 4.79 Å². The molecule has 4 heteroatoms. The summed E-state index contributed by atoms with van der Waals surface area (Å²) in [5.74, 6) is 1.22. The first-order valence-corrected chi connectivity index (χ1v) is 12.3. The molecule has 0 bridgehead atoms. The molecule has 170 valence electrons. The molecule has 5 rings (SSSR count). The summed E-state index contributed by atoms with van der Waals surface area (Å²) in [6, 6.07) is 28.6. The minimum absolute atomic E-state index is 0.0577. The average molecular weight is 512 g/mol. The Hall–Kier alpha value is -3.37. The van der Waals surface area contributed by atoms with E-state index in [0.29, 0.717) is 19.1 Å². The minimum Gasteiger partial charge on any atom is -0.488 e. The van der Waals surface area contributed by atoms with Crippen molar-refractivity contribution in [1.29, 1.82) is 0 Å². The molecule has 0 spiro atoms. The number of benzene rings is 4. The predicted molar refractivity (Wildman–Crippen MR) is 144 cm³/mol. The molecule has 0 unspecified atom stereocenters. The van der Waals surface area contributed by atoms with Gasteiger partial charge in [0.05, 0.1) is 10.2 Å². The van der Waals surface area contributed by atoms with Crippen molar-refractivity contribution in [2.75, 3.05) is 11.4 Å². The molecule has 1 heterocycles. The lowest BCUT2D eigenvalue weighted by Gasteiger charge is -2.19. The van der Waals surface area contributed by atoms with Crippen LogP contribution in [0.4, 0.5) is 5.69 Å². The molecule has 34 heavy (non-hydrogen) atoms. The number of nitrogens with zero attached hydrogens (tertiary/aromatic N) is 1. The summed E-state index contributed by atoms with van der Waals surface area (Å²) >= 11 is 3.66. The highest BCUT2D eigenvalue weighted by molar-refractivity contribution is 9.10. The van der Waals surface area contributed by atoms with Crippen LogP contribution in [0.25, 0.3) is 22.4 Å². The summed E-state index contributed by atoms with van der Waals surface area (Å²) in [4.78, 5) is 15.1. The molecule has 4 aromatic carbocycles. The van der Waals surface area contributed by atoms with Crippen molar-refractivity contribution >= 4 is 49.9 Å². The summed E-state index contributed by atoms with van der Waals surface area (Å²) in [7, 11) is 0. The third-order valence-corrected chi connectivity index (χ3v) is 6.66. The summed E-state index contributed by atoms with van der Waals surface area (Å²) in [5, 5.41) is 2.41. The number of anilines is 1. The number of amides is 1. The maximum Gasteiger partial charge on any atom is 0.259 e. The summed E-state index contributed by atoms with van der Waals surface area (Å²) in [6.07, 6.45) is 1.97. The second-order valence-corrected chi connectivity index (χ2v) is 9.86. The topological polar surface area (TPSA) is 29.5 Å². The molecule has 1 aliphatic rings. The Kier molecular flexibility index (Phi) is 6.25. The first-order chi connectivity index (χ1) is 16.5. The number of rotatable bonds is 6. The van der Waals surface area contributed by atoms with Crippen molar-refractivity contribution < 1.29 is 9.53 Å². The van der Waals surface area contributed by atoms with E-state index >= 15 is 0 Å². The van der Waals surface area contributed by atoms with Crippen molar-refractivity contribution in [3.8, 4) is 5.75 Å². The summed E-state index contributed by atoms with van der Waals surface area (Å²) < 4.78 is 7.01. The van der Waals surface area contributed by atoms with Crippen molar-refractivity contribution in [2.24, 2.45) is 5.92 Å². The number of carbonyl (C=O) groups excluding carboxylic acids is 1. The molecule has 3 nitrogen and oxygen atoms in total. The van der Waals surface area contributed by atoms with Crippen LogP contribution in [-0.2, 0) is 11.4 Å². The van der Waals surface area contributed by atoms with E-state index in [1.807, 2.05) is 59.5 Å². The summed E-state index contributed by atoms with van der Waals surface area (Å²) in [6.45, 7) is 5.45. The highest BCUT2D eigenvalue weighted by Gasteiger charge is 2.32. The van der Waals surface area contributed by atoms with Crippen LogP contribution in [0.15, 0.2) is 89.4 Å². The molecule has 1 aliphatic heterocycles. The van der Waals surface area contributed by atoms with Crippen LogP contribution >= 0.6 is 15.9 Å². The highest BCUT2D eigenvalue weighted by atomic mass is 79.9. The van der Waals surface area contributed by atoms with Crippen molar-refractivity contribution in [2.45, 2.75) is 20.5 Å². The Morgan fingerprint density at radius 1 is 0.941 bits per heavy atom. The number of fused-ring (bicyclic) bond motifs is 2. The van der Waals surface area contributed by atoms with Gasteiger partial charge in [0.15, 0.2) is 0 Å². The fourth-order valence-electron chi connectivity index (χ4n) is 4.46. The van der Waals surface area contributed by atoms with Crippen LogP contribution in [-0.4, -0.2) is 12.5 Å². The van der Waals surface area contributed by atoms with E-state index in [1.165, 1.54) is 10.8 Å². The molecular formula is C30H26BrNO2. The normalized spacial score (nSPS) is 14.3. The van der Waals surface area contributed by atoms with Gasteiger partial charge in [0.25, 0.3) is 5.91 Å². The lowest BCUT2D eigenvalue weighted by atomic mass is 10.0. The van der Waals surface area contributed by atoms with Gasteiger partial charge in [-0.05, 0) is 68.0 Å². The largest absolute Gasteiger partial charge is 0.488 e. The molecule has 0 aliphatic carbocycles. The van der Waals surface area contributed by atoms with Crippen LogP contribution in [0.2, 0.25) is 0 Å². The molecule has 0 radical (unpaired) electrons. The van der Waals surface area contributed by atoms with E-state index in [0.717, 1.165) is 38.2 Å². The zero-order chi connectivity index (χ0) is 23.7. The quantitative estimate of drug-likeness (QED) is 0.248. The Labute approximate surface area is 208 Å². The van der Waals surface area contributed by atoms with E-state index < -0.39 is 0 Å². The lowest BCUT2D eigenvalue weighted by Crippen LogP contribution is -2.30. The average Bonchev–Trinajstić information content (AvgIpc) is 3.09. The number of para-hydroxylation sites is 1. The van der Waals surface area contributed by atoms with Gasteiger partial charge in [-0.2, -0.15) is 0 Å². The van der Waals surface area contributed by atoms with Crippen molar-refractivity contribution in [3.05, 3.63) is 106 Å². The molecule has 0 saturated heterocycles. The number of hydrogen-bond donors (Lipinski definition) is 0. The van der Waals surface area contributed by atoms with Crippen LogP contribution < -0.4 is 9.64 Å². The standard InChI is InChI=1S/C30H26BrNO2/c1-20(2)18-32-28-13-6-5-12-25(28)26(30(32)33)16-21-14-15-29(27(31)17-21)34-19-23-10-7-9-22-8-3-4-11-24(22)23/h3-17,20H,18-19H2,1-2H3/b26-16-. The smallest absolute Gasteiger partial charge is 0.259 e. The second kappa shape index (κ2) is 9.47. The van der Waals surface area contributed by atoms with Gasteiger partial charge in [0.1, 0.15) is 12.4 Å². The molecule has 0 aromatic heterocycles. The van der Waals surface area contributed by atoms with Crippen LogP contribution in [0.3, 0.4) is 0 Å². The van der Waals surface area contributed by atoms with Crippen LogP contribution in [0, 0.1) is 5.92 Å². The van der Waals surface area contributed by atoms with Gasteiger partial charge in [0.2, 0.25) is 0 Å². The van der Waals surface area contributed by atoms with Gasteiger partial charge in [-0.1, -0.05) is 80.6 Å². The van der Waals surface area contributed by atoms with E-state index in [2.05, 4.69) is 66.2 Å². The van der Waals surface area contributed by atoms with Gasteiger partial charge < -0.3 is 9.64 Å². The number of halogens is 1. The van der Waals surface area contributed by atoms with Gasteiger partial charge in [0, 0.05) is 17.7 Å². The Morgan fingerprint density at radius 2 is 1.71 bits per heavy atom. The van der Waals surface area contributed by atoms with Crippen molar-refractivity contribution in [3.63, 3.8) is 0 Å². The molecule has 0 N–H and O–H groups in total. The molecule has 0 fully saturated rings. The first-order valence-electron chi connectivity index (χ1n) is 11.5. The SMILES string of the molecule is CC(C)CN1C(=O)/C(=C\c2ccc(OCc3cccc4ccccc34)c(Br)c2)c2ccccc21. The van der Waals surface area contributed by atoms with Gasteiger partial charge in [-0.25, -0.2) is 0 Å². The van der Waals surface area contributed by atoms with E-state index in [-0.39, 0.29) is 5.91 Å². The molecule has 4 aromatic rings. The molecule has 0 atom stereocenters. The minimum atomic E-state index is 0.0577. The van der Waals surface area contributed by atoms with Gasteiger partial charge in [-0.3, -0.25) is 4.79 Å². The monoisotopic (exact) mass is 511 g/mol. The maximum absolute atomic E-state index is 13.2. The molecule has 1 amide bonds. The van der Waals surface area contributed by atoms with E-state index in [4.69, 9.17) is 4.74 Å². The van der Waals surface area contributed by atoms with Crippen LogP contribution in [0.1, 0.15) is 30.5 Å².